The van der Waals surface area contributed by atoms with E-state index in [1.165, 1.54) is 18.9 Å². The zero-order valence-electron chi connectivity index (χ0n) is 18.4. The first kappa shape index (κ1) is 23.5. The number of thioether (sulfide) groups is 1. The van der Waals surface area contributed by atoms with Crippen LogP contribution in [-0.4, -0.2) is 45.8 Å². The normalized spacial score (nSPS) is 10.7. The van der Waals surface area contributed by atoms with Crippen molar-refractivity contribution in [1.29, 1.82) is 0 Å². The molecule has 4 aromatic rings. The van der Waals surface area contributed by atoms with Crippen LogP contribution in [0.2, 0.25) is 5.02 Å². The molecular formula is C24H21ClN4O4S. The van der Waals surface area contributed by atoms with E-state index in [9.17, 15) is 9.90 Å². The lowest BCUT2D eigenvalue weighted by Crippen LogP contribution is -2.15. The van der Waals surface area contributed by atoms with Gasteiger partial charge in [0.25, 0.3) is 0 Å². The Morgan fingerprint density at radius 1 is 1.03 bits per heavy atom. The van der Waals surface area contributed by atoms with Crippen molar-refractivity contribution < 1.29 is 19.4 Å². The standard InChI is InChI=1S/C24H21ClN4O4S/c1-32-20-12-11-15(25)13-17(20)26-22(31)14-34-24-28-27-23(16-7-3-5-9-19(16)30)29(24)18-8-4-6-10-21(18)33-2/h3-13,30H,14H2,1-2H3,(H,26,31). The number of aromatic nitrogens is 3. The van der Waals surface area contributed by atoms with Gasteiger partial charge in [-0.2, -0.15) is 0 Å². The fourth-order valence-electron chi connectivity index (χ4n) is 3.33. The molecule has 1 heterocycles. The third-order valence-corrected chi connectivity index (χ3v) is 6.04. The average molecular weight is 497 g/mol. The molecule has 3 aromatic carbocycles. The van der Waals surface area contributed by atoms with Crippen LogP contribution >= 0.6 is 23.4 Å². The van der Waals surface area contributed by atoms with Crippen molar-refractivity contribution in [2.45, 2.75) is 5.16 Å². The molecule has 0 aliphatic carbocycles. The number of ether oxygens (including phenoxy) is 2. The number of anilines is 1. The summed E-state index contributed by atoms with van der Waals surface area (Å²) in [5.74, 6) is 1.35. The molecule has 0 aliphatic rings. The van der Waals surface area contributed by atoms with Crippen molar-refractivity contribution in [1.82, 2.24) is 14.8 Å². The van der Waals surface area contributed by atoms with E-state index in [2.05, 4.69) is 15.5 Å². The summed E-state index contributed by atoms with van der Waals surface area (Å²) in [6.45, 7) is 0. The smallest absolute Gasteiger partial charge is 0.234 e. The first-order valence-electron chi connectivity index (χ1n) is 10.1. The fourth-order valence-corrected chi connectivity index (χ4v) is 4.24. The first-order chi connectivity index (χ1) is 16.5. The van der Waals surface area contributed by atoms with Gasteiger partial charge in [0, 0.05) is 5.02 Å². The van der Waals surface area contributed by atoms with Crippen LogP contribution in [0.15, 0.2) is 71.9 Å². The summed E-state index contributed by atoms with van der Waals surface area (Å²) in [7, 11) is 3.09. The molecule has 0 fully saturated rings. The topological polar surface area (TPSA) is 98.5 Å². The second-order valence-corrected chi connectivity index (χ2v) is 8.39. The van der Waals surface area contributed by atoms with E-state index in [-0.39, 0.29) is 17.4 Å². The van der Waals surface area contributed by atoms with Gasteiger partial charge < -0.3 is 19.9 Å². The predicted octanol–water partition coefficient (Wildman–Crippen LogP) is 5.04. The van der Waals surface area contributed by atoms with E-state index >= 15 is 0 Å². The number of phenols is 1. The number of benzene rings is 3. The molecule has 34 heavy (non-hydrogen) atoms. The summed E-state index contributed by atoms with van der Waals surface area (Å²) in [6, 6.07) is 19.2. The first-order valence-corrected chi connectivity index (χ1v) is 11.5. The maximum Gasteiger partial charge on any atom is 0.234 e. The largest absolute Gasteiger partial charge is 0.507 e. The Morgan fingerprint density at radius 3 is 2.53 bits per heavy atom. The molecular weight excluding hydrogens is 476 g/mol. The minimum absolute atomic E-state index is 0.0454. The number of aromatic hydroxyl groups is 1. The van der Waals surface area contributed by atoms with Gasteiger partial charge in [-0.1, -0.05) is 47.6 Å². The van der Waals surface area contributed by atoms with Crippen LogP contribution in [0, 0.1) is 0 Å². The van der Waals surface area contributed by atoms with Gasteiger partial charge in [0.15, 0.2) is 11.0 Å². The van der Waals surface area contributed by atoms with Crippen LogP contribution in [0.4, 0.5) is 5.69 Å². The van der Waals surface area contributed by atoms with Gasteiger partial charge >= 0.3 is 0 Å². The molecule has 4 rings (SSSR count). The summed E-state index contributed by atoms with van der Waals surface area (Å²) < 4.78 is 12.6. The Kier molecular flexibility index (Phi) is 7.24. The lowest BCUT2D eigenvalue weighted by Gasteiger charge is -2.14. The number of rotatable bonds is 8. The summed E-state index contributed by atoms with van der Waals surface area (Å²) in [4.78, 5) is 12.7. The van der Waals surface area contributed by atoms with Crippen LogP contribution < -0.4 is 14.8 Å². The lowest BCUT2D eigenvalue weighted by molar-refractivity contribution is -0.113. The van der Waals surface area contributed by atoms with E-state index < -0.39 is 0 Å². The highest BCUT2D eigenvalue weighted by Crippen LogP contribution is 2.35. The van der Waals surface area contributed by atoms with E-state index in [1.807, 2.05) is 24.3 Å². The number of para-hydroxylation sites is 3. The van der Waals surface area contributed by atoms with Crippen molar-refractivity contribution in [3.63, 3.8) is 0 Å². The Balaban J connectivity index is 1.66. The van der Waals surface area contributed by atoms with Crippen molar-refractivity contribution in [2.24, 2.45) is 0 Å². The van der Waals surface area contributed by atoms with Gasteiger partial charge in [-0.05, 0) is 42.5 Å². The Morgan fingerprint density at radius 2 is 1.76 bits per heavy atom. The third-order valence-electron chi connectivity index (χ3n) is 4.87. The molecule has 10 heteroatoms. The quantitative estimate of drug-likeness (QED) is 0.330. The fraction of sp³-hybridized carbons (Fsp3) is 0.125. The number of methoxy groups -OCH3 is 2. The highest BCUT2D eigenvalue weighted by molar-refractivity contribution is 7.99. The second-order valence-electron chi connectivity index (χ2n) is 7.01. The summed E-state index contributed by atoms with van der Waals surface area (Å²) >= 11 is 7.25. The molecule has 1 aromatic heterocycles. The number of hydrogen-bond donors (Lipinski definition) is 2. The zero-order chi connectivity index (χ0) is 24.1. The number of carbonyl (C=O) groups is 1. The molecule has 0 radical (unpaired) electrons. The Bertz CT molecular complexity index is 1330. The second kappa shape index (κ2) is 10.5. The highest BCUT2D eigenvalue weighted by atomic mass is 35.5. The van der Waals surface area contributed by atoms with Crippen molar-refractivity contribution in [2.75, 3.05) is 25.3 Å². The molecule has 0 spiro atoms. The highest BCUT2D eigenvalue weighted by Gasteiger charge is 2.21. The molecule has 0 aliphatic heterocycles. The Labute approximate surface area is 205 Å². The number of nitrogens with one attached hydrogen (secondary N) is 1. The van der Waals surface area contributed by atoms with Crippen LogP contribution in [0.3, 0.4) is 0 Å². The number of nitrogens with zero attached hydrogens (tertiary/aromatic N) is 3. The number of hydrogen-bond acceptors (Lipinski definition) is 7. The van der Waals surface area contributed by atoms with Gasteiger partial charge in [-0.15, -0.1) is 10.2 Å². The van der Waals surface area contributed by atoms with Crippen molar-refractivity contribution in [3.8, 4) is 34.3 Å². The van der Waals surface area contributed by atoms with E-state index in [0.29, 0.717) is 44.4 Å². The molecule has 0 saturated heterocycles. The Hall–Kier alpha value is -3.69. The third kappa shape index (κ3) is 4.95. The number of halogens is 1. The molecule has 0 unspecified atom stereocenters. The monoisotopic (exact) mass is 496 g/mol. The molecule has 0 atom stereocenters. The molecule has 174 valence electrons. The minimum atomic E-state index is -0.274. The lowest BCUT2D eigenvalue weighted by atomic mass is 10.2. The van der Waals surface area contributed by atoms with Crippen LogP contribution in [0.5, 0.6) is 17.2 Å². The number of carbonyl (C=O) groups excluding carboxylic acids is 1. The number of amides is 1. The predicted molar refractivity (Wildman–Crippen MR) is 132 cm³/mol. The molecule has 8 nitrogen and oxygen atoms in total. The van der Waals surface area contributed by atoms with E-state index in [1.54, 1.807) is 54.1 Å². The van der Waals surface area contributed by atoms with Crippen LogP contribution in [0.25, 0.3) is 17.1 Å². The SMILES string of the molecule is COc1ccc(Cl)cc1NC(=O)CSc1nnc(-c2ccccc2O)n1-c1ccccc1OC. The van der Waals surface area contributed by atoms with E-state index in [4.69, 9.17) is 21.1 Å². The summed E-state index contributed by atoms with van der Waals surface area (Å²) in [6.07, 6.45) is 0. The zero-order valence-corrected chi connectivity index (χ0v) is 19.9. The van der Waals surface area contributed by atoms with Gasteiger partial charge in [0.1, 0.15) is 17.2 Å². The maximum atomic E-state index is 12.7. The minimum Gasteiger partial charge on any atom is -0.507 e. The summed E-state index contributed by atoms with van der Waals surface area (Å²) in [5, 5.41) is 22.8. The number of phenolic OH excluding ortho intramolecular Hbond substituents is 1. The average Bonchev–Trinajstić information content (AvgIpc) is 3.26. The van der Waals surface area contributed by atoms with Gasteiger partial charge in [-0.25, -0.2) is 0 Å². The van der Waals surface area contributed by atoms with Crippen molar-refractivity contribution in [3.05, 3.63) is 71.8 Å². The van der Waals surface area contributed by atoms with Crippen LogP contribution in [0.1, 0.15) is 0 Å². The molecule has 0 bridgehead atoms. The van der Waals surface area contributed by atoms with Gasteiger partial charge in [0.2, 0.25) is 5.91 Å². The molecule has 2 N–H and O–H groups in total. The maximum absolute atomic E-state index is 12.7. The molecule has 1 amide bonds. The van der Waals surface area contributed by atoms with Gasteiger partial charge in [-0.3, -0.25) is 9.36 Å². The van der Waals surface area contributed by atoms with E-state index in [0.717, 1.165) is 0 Å². The van der Waals surface area contributed by atoms with Crippen molar-refractivity contribution >= 4 is 35.0 Å². The van der Waals surface area contributed by atoms with Crippen LogP contribution in [-0.2, 0) is 4.79 Å². The molecule has 0 saturated carbocycles. The van der Waals surface area contributed by atoms with Gasteiger partial charge in [0.05, 0.1) is 36.9 Å². The summed E-state index contributed by atoms with van der Waals surface area (Å²) in [5.41, 5.74) is 1.65.